The third kappa shape index (κ3) is 5.63. The molecule has 1 N–H and O–H groups in total. The minimum atomic E-state index is -4.51. The summed E-state index contributed by atoms with van der Waals surface area (Å²) < 4.78 is 36.9. The van der Waals surface area contributed by atoms with E-state index in [4.69, 9.17) is 16.7 Å². The smallest absolute Gasteiger partial charge is 0.395 e. The van der Waals surface area contributed by atoms with Crippen LogP contribution in [0.3, 0.4) is 0 Å². The van der Waals surface area contributed by atoms with E-state index >= 15 is 0 Å². The minimum Gasteiger partial charge on any atom is -0.395 e. The first-order valence-corrected chi connectivity index (χ1v) is 6.10. The molecule has 0 saturated carbocycles. The highest BCUT2D eigenvalue weighted by atomic mass is 35.5. The van der Waals surface area contributed by atoms with Crippen LogP contribution in [0.5, 0.6) is 0 Å². The molecule has 0 radical (unpaired) electrons. The van der Waals surface area contributed by atoms with Crippen molar-refractivity contribution in [3.63, 3.8) is 0 Å². The maximum atomic E-state index is 12.3. The average molecular weight is 308 g/mol. The van der Waals surface area contributed by atoms with Crippen LogP contribution in [0.25, 0.3) is 6.08 Å². The molecule has 0 spiro atoms. The molecule has 0 aliphatic heterocycles. The van der Waals surface area contributed by atoms with E-state index in [0.29, 0.717) is 15.5 Å². The number of rotatable bonds is 5. The third-order valence-electron chi connectivity index (χ3n) is 2.36. The van der Waals surface area contributed by atoms with Crippen molar-refractivity contribution >= 4 is 23.6 Å². The molecule has 20 heavy (non-hydrogen) atoms. The summed E-state index contributed by atoms with van der Waals surface area (Å²) in [7, 11) is 0. The molecule has 0 atom stereocenters. The first-order chi connectivity index (χ1) is 9.33. The van der Waals surface area contributed by atoms with Gasteiger partial charge in [-0.15, -0.1) is 0 Å². The SMILES string of the molecule is O=C(/C=C/c1ccccc1Cl)N(CCO)CC(F)(F)F. The molecule has 0 unspecified atom stereocenters. The van der Waals surface area contributed by atoms with Crippen molar-refractivity contribution in [2.45, 2.75) is 6.18 Å². The van der Waals surface area contributed by atoms with E-state index in [1.807, 2.05) is 0 Å². The summed E-state index contributed by atoms with van der Waals surface area (Å²) in [6, 6.07) is 6.62. The summed E-state index contributed by atoms with van der Waals surface area (Å²) in [6.07, 6.45) is -2.17. The number of aliphatic hydroxyl groups excluding tert-OH is 1. The van der Waals surface area contributed by atoms with E-state index in [0.717, 1.165) is 6.08 Å². The minimum absolute atomic E-state index is 0.384. The topological polar surface area (TPSA) is 40.5 Å². The molecule has 110 valence electrons. The van der Waals surface area contributed by atoms with E-state index < -0.39 is 25.2 Å². The number of halogens is 4. The monoisotopic (exact) mass is 307 g/mol. The average Bonchev–Trinajstić information content (AvgIpc) is 2.35. The molecule has 1 aromatic rings. The quantitative estimate of drug-likeness (QED) is 0.850. The maximum Gasteiger partial charge on any atom is 0.406 e. The first-order valence-electron chi connectivity index (χ1n) is 5.72. The van der Waals surface area contributed by atoms with E-state index in [1.54, 1.807) is 24.3 Å². The van der Waals surface area contributed by atoms with Crippen molar-refractivity contribution in [1.29, 1.82) is 0 Å². The summed E-state index contributed by atoms with van der Waals surface area (Å²) in [5.74, 6) is -0.837. The van der Waals surface area contributed by atoms with Crippen molar-refractivity contribution in [2.24, 2.45) is 0 Å². The molecular weight excluding hydrogens is 295 g/mol. The molecule has 0 heterocycles. The maximum absolute atomic E-state index is 12.3. The molecule has 0 aliphatic rings. The third-order valence-corrected chi connectivity index (χ3v) is 2.71. The zero-order valence-electron chi connectivity index (χ0n) is 10.4. The van der Waals surface area contributed by atoms with Crippen LogP contribution in [0.4, 0.5) is 13.2 Å². The number of hydrogen-bond acceptors (Lipinski definition) is 2. The van der Waals surface area contributed by atoms with Gasteiger partial charge < -0.3 is 10.0 Å². The van der Waals surface area contributed by atoms with Gasteiger partial charge >= 0.3 is 6.18 Å². The van der Waals surface area contributed by atoms with Gasteiger partial charge in [0.25, 0.3) is 0 Å². The van der Waals surface area contributed by atoms with Gasteiger partial charge in [0.05, 0.1) is 6.61 Å². The van der Waals surface area contributed by atoms with Crippen LogP contribution in [-0.4, -0.2) is 41.8 Å². The molecule has 0 saturated heterocycles. The lowest BCUT2D eigenvalue weighted by Crippen LogP contribution is -2.39. The Kier molecular flexibility index (Phi) is 6.04. The molecule has 0 fully saturated rings. The Hall–Kier alpha value is -1.53. The van der Waals surface area contributed by atoms with Gasteiger partial charge in [-0.05, 0) is 17.7 Å². The van der Waals surface area contributed by atoms with Crippen molar-refractivity contribution in [2.75, 3.05) is 19.7 Å². The lowest BCUT2D eigenvalue weighted by Gasteiger charge is -2.21. The normalized spacial score (nSPS) is 11.8. The molecule has 0 bridgehead atoms. The Morgan fingerprint density at radius 1 is 1.35 bits per heavy atom. The van der Waals surface area contributed by atoms with Crippen LogP contribution in [0.15, 0.2) is 30.3 Å². The number of aliphatic hydroxyl groups is 1. The highest BCUT2D eigenvalue weighted by Gasteiger charge is 2.32. The Morgan fingerprint density at radius 3 is 2.55 bits per heavy atom. The number of carbonyl (C=O) groups excluding carboxylic acids is 1. The summed E-state index contributed by atoms with van der Waals surface area (Å²) in [6.45, 7) is -2.33. The standard InChI is InChI=1S/C13H13ClF3NO2/c14-11-4-2-1-3-10(11)5-6-12(20)18(7-8-19)9-13(15,16)17/h1-6,19H,7-9H2/b6-5+. The predicted octanol–water partition coefficient (Wildman–Crippen LogP) is 2.74. The van der Waals surface area contributed by atoms with Gasteiger partial charge in [0.15, 0.2) is 0 Å². The van der Waals surface area contributed by atoms with E-state index in [2.05, 4.69) is 0 Å². The van der Waals surface area contributed by atoms with Gasteiger partial charge in [-0.25, -0.2) is 0 Å². The lowest BCUT2D eigenvalue weighted by atomic mass is 10.2. The van der Waals surface area contributed by atoms with Gasteiger partial charge in [0.2, 0.25) is 5.91 Å². The lowest BCUT2D eigenvalue weighted by molar-refractivity contribution is -0.158. The van der Waals surface area contributed by atoms with Crippen molar-refractivity contribution < 1.29 is 23.1 Å². The van der Waals surface area contributed by atoms with E-state index in [-0.39, 0.29) is 6.54 Å². The Bertz CT molecular complexity index is 489. The van der Waals surface area contributed by atoms with Crippen LogP contribution in [0, 0.1) is 0 Å². The number of hydrogen-bond donors (Lipinski definition) is 1. The highest BCUT2D eigenvalue weighted by Crippen LogP contribution is 2.18. The van der Waals surface area contributed by atoms with Crippen molar-refractivity contribution in [1.82, 2.24) is 4.90 Å². The largest absolute Gasteiger partial charge is 0.406 e. The van der Waals surface area contributed by atoms with Gasteiger partial charge in [-0.1, -0.05) is 29.8 Å². The number of nitrogens with zero attached hydrogens (tertiary/aromatic N) is 1. The highest BCUT2D eigenvalue weighted by molar-refractivity contribution is 6.32. The van der Waals surface area contributed by atoms with Crippen molar-refractivity contribution in [3.05, 3.63) is 40.9 Å². The number of carbonyl (C=O) groups is 1. The predicted molar refractivity (Wildman–Crippen MR) is 70.2 cm³/mol. The zero-order valence-corrected chi connectivity index (χ0v) is 11.2. The summed E-state index contributed by atoms with van der Waals surface area (Å²) in [5, 5.41) is 9.10. The molecule has 0 aliphatic carbocycles. The summed E-state index contributed by atoms with van der Waals surface area (Å²) in [5.41, 5.74) is 0.526. The fourth-order valence-electron chi connectivity index (χ4n) is 1.48. The Morgan fingerprint density at radius 2 is 2.00 bits per heavy atom. The second-order valence-electron chi connectivity index (χ2n) is 3.95. The Balaban J connectivity index is 2.78. The van der Waals surface area contributed by atoms with E-state index in [9.17, 15) is 18.0 Å². The second kappa shape index (κ2) is 7.31. The Labute approximate surface area is 119 Å². The number of benzene rings is 1. The van der Waals surface area contributed by atoms with Crippen LogP contribution in [0.2, 0.25) is 5.02 Å². The van der Waals surface area contributed by atoms with Gasteiger partial charge in [-0.2, -0.15) is 13.2 Å². The van der Waals surface area contributed by atoms with Crippen molar-refractivity contribution in [3.8, 4) is 0 Å². The number of alkyl halides is 3. The molecule has 0 aromatic heterocycles. The second-order valence-corrected chi connectivity index (χ2v) is 4.36. The fraction of sp³-hybridized carbons (Fsp3) is 0.308. The van der Waals surface area contributed by atoms with Gasteiger partial charge in [0.1, 0.15) is 6.54 Å². The van der Waals surface area contributed by atoms with Crippen LogP contribution in [0.1, 0.15) is 5.56 Å². The summed E-state index contributed by atoms with van der Waals surface area (Å²) >= 11 is 5.86. The molecular formula is C13H13ClF3NO2. The molecule has 1 rings (SSSR count). The summed E-state index contributed by atoms with van der Waals surface area (Å²) in [4.78, 5) is 12.2. The van der Waals surface area contributed by atoms with Crippen LogP contribution >= 0.6 is 11.6 Å². The van der Waals surface area contributed by atoms with Gasteiger partial charge in [0, 0.05) is 17.6 Å². The fourth-order valence-corrected chi connectivity index (χ4v) is 1.68. The first kappa shape index (κ1) is 16.5. The zero-order chi connectivity index (χ0) is 15.2. The molecule has 1 amide bonds. The number of amides is 1. The molecule has 7 heteroatoms. The van der Waals surface area contributed by atoms with Crippen LogP contribution < -0.4 is 0 Å². The molecule has 1 aromatic carbocycles. The molecule has 3 nitrogen and oxygen atoms in total. The van der Waals surface area contributed by atoms with Gasteiger partial charge in [-0.3, -0.25) is 4.79 Å². The van der Waals surface area contributed by atoms with Crippen LogP contribution in [-0.2, 0) is 4.79 Å². The van der Waals surface area contributed by atoms with E-state index in [1.165, 1.54) is 6.08 Å².